The van der Waals surface area contributed by atoms with E-state index < -0.39 is 0 Å². The van der Waals surface area contributed by atoms with Gasteiger partial charge >= 0.3 is 0 Å². The Hall–Kier alpha value is -2.32. The fraction of sp³-hybridized carbons (Fsp3) is 0.636. The van der Waals surface area contributed by atoms with Crippen molar-refractivity contribution in [2.75, 3.05) is 73.7 Å². The van der Waals surface area contributed by atoms with E-state index in [1.807, 2.05) is 19.2 Å². The van der Waals surface area contributed by atoms with Gasteiger partial charge in [-0.3, -0.25) is 14.7 Å². The second kappa shape index (κ2) is 11.8. The standard InChI is InChI=1S/C22H37N5O3/c1-22(2,18-7-6-8-19(15-18)30-5)17-25-21(23-3)27-12-10-26(11-13-27)16-20(28)24-9-14-29-4/h6-8,15H,9-14,16-17H2,1-5H3,(H,23,25)(H,24,28). The third-order valence-corrected chi connectivity index (χ3v) is 5.42. The summed E-state index contributed by atoms with van der Waals surface area (Å²) in [5, 5.41) is 6.40. The number of piperazine rings is 1. The molecule has 0 bridgehead atoms. The lowest BCUT2D eigenvalue weighted by Crippen LogP contribution is -2.55. The molecule has 2 rings (SSSR count). The number of benzene rings is 1. The average molecular weight is 420 g/mol. The number of methoxy groups -OCH3 is 2. The average Bonchev–Trinajstić information content (AvgIpc) is 2.75. The molecule has 2 N–H and O–H groups in total. The first-order chi connectivity index (χ1) is 14.4. The van der Waals surface area contributed by atoms with Crippen molar-refractivity contribution in [2.45, 2.75) is 19.3 Å². The van der Waals surface area contributed by atoms with Gasteiger partial charge in [0.15, 0.2) is 5.96 Å². The van der Waals surface area contributed by atoms with Gasteiger partial charge in [-0.1, -0.05) is 26.0 Å². The second-order valence-corrected chi connectivity index (χ2v) is 8.12. The molecule has 0 saturated carbocycles. The molecule has 168 valence electrons. The summed E-state index contributed by atoms with van der Waals surface area (Å²) < 4.78 is 10.3. The third-order valence-electron chi connectivity index (χ3n) is 5.42. The molecule has 1 aliphatic heterocycles. The summed E-state index contributed by atoms with van der Waals surface area (Å²) >= 11 is 0. The molecule has 1 fully saturated rings. The van der Waals surface area contributed by atoms with Crippen LogP contribution in [0.5, 0.6) is 5.75 Å². The summed E-state index contributed by atoms with van der Waals surface area (Å²) in [7, 11) is 5.13. The highest BCUT2D eigenvalue weighted by Gasteiger charge is 2.25. The highest BCUT2D eigenvalue weighted by atomic mass is 16.5. The molecule has 1 heterocycles. The molecule has 1 aromatic carbocycles. The number of hydrogen-bond donors (Lipinski definition) is 2. The van der Waals surface area contributed by atoms with Crippen LogP contribution in [0, 0.1) is 0 Å². The number of carbonyl (C=O) groups excluding carboxylic acids is 1. The number of carbonyl (C=O) groups is 1. The molecule has 0 spiro atoms. The molecular weight excluding hydrogens is 382 g/mol. The summed E-state index contributed by atoms with van der Waals surface area (Å²) in [5.74, 6) is 1.81. The molecule has 1 aromatic rings. The lowest BCUT2D eigenvalue weighted by molar-refractivity contribution is -0.122. The van der Waals surface area contributed by atoms with Crippen LogP contribution in [0.4, 0.5) is 0 Å². The number of nitrogens with zero attached hydrogens (tertiary/aromatic N) is 3. The van der Waals surface area contributed by atoms with Gasteiger partial charge in [0.2, 0.25) is 5.91 Å². The zero-order valence-electron chi connectivity index (χ0n) is 19.0. The van der Waals surface area contributed by atoms with Crippen LogP contribution in [-0.4, -0.2) is 95.4 Å². The second-order valence-electron chi connectivity index (χ2n) is 8.12. The number of amides is 1. The van der Waals surface area contributed by atoms with Crippen molar-refractivity contribution in [3.05, 3.63) is 29.8 Å². The van der Waals surface area contributed by atoms with E-state index in [1.165, 1.54) is 5.56 Å². The monoisotopic (exact) mass is 419 g/mol. The first-order valence-corrected chi connectivity index (χ1v) is 10.5. The van der Waals surface area contributed by atoms with E-state index in [2.05, 4.69) is 51.4 Å². The maximum absolute atomic E-state index is 12.0. The van der Waals surface area contributed by atoms with Gasteiger partial charge in [0.25, 0.3) is 0 Å². The van der Waals surface area contributed by atoms with E-state index in [1.54, 1.807) is 14.2 Å². The van der Waals surface area contributed by atoms with Crippen LogP contribution in [0.3, 0.4) is 0 Å². The van der Waals surface area contributed by atoms with Crippen molar-refractivity contribution >= 4 is 11.9 Å². The minimum absolute atomic E-state index is 0.0445. The van der Waals surface area contributed by atoms with Gasteiger partial charge in [-0.2, -0.15) is 0 Å². The van der Waals surface area contributed by atoms with Crippen molar-refractivity contribution in [1.29, 1.82) is 0 Å². The van der Waals surface area contributed by atoms with Crippen molar-refractivity contribution < 1.29 is 14.3 Å². The van der Waals surface area contributed by atoms with Crippen LogP contribution >= 0.6 is 0 Å². The van der Waals surface area contributed by atoms with Crippen LogP contribution in [0.25, 0.3) is 0 Å². The summed E-state index contributed by atoms with van der Waals surface area (Å²) in [6.45, 7) is 10.0. The zero-order valence-corrected chi connectivity index (χ0v) is 19.0. The van der Waals surface area contributed by atoms with Crippen LogP contribution < -0.4 is 15.4 Å². The third kappa shape index (κ3) is 7.18. The Morgan fingerprint density at radius 3 is 2.53 bits per heavy atom. The van der Waals surface area contributed by atoms with E-state index >= 15 is 0 Å². The fourth-order valence-electron chi connectivity index (χ4n) is 3.45. The van der Waals surface area contributed by atoms with Gasteiger partial charge in [0.05, 0.1) is 20.3 Å². The molecule has 0 aromatic heterocycles. The van der Waals surface area contributed by atoms with Gasteiger partial charge in [-0.15, -0.1) is 0 Å². The highest BCUT2D eigenvalue weighted by molar-refractivity contribution is 5.80. The highest BCUT2D eigenvalue weighted by Crippen LogP contribution is 2.25. The Kier molecular flexibility index (Phi) is 9.39. The Bertz CT molecular complexity index is 700. The van der Waals surface area contributed by atoms with Gasteiger partial charge in [0, 0.05) is 58.8 Å². The number of aliphatic imine (C=N–C) groups is 1. The van der Waals surface area contributed by atoms with Crippen molar-refractivity contribution in [1.82, 2.24) is 20.4 Å². The molecule has 1 amide bonds. The molecule has 8 nitrogen and oxygen atoms in total. The van der Waals surface area contributed by atoms with E-state index in [4.69, 9.17) is 9.47 Å². The van der Waals surface area contributed by atoms with E-state index in [0.717, 1.165) is 44.4 Å². The minimum Gasteiger partial charge on any atom is -0.497 e. The summed E-state index contributed by atoms with van der Waals surface area (Å²) in [4.78, 5) is 20.9. The predicted octanol–water partition coefficient (Wildman–Crippen LogP) is 0.928. The lowest BCUT2D eigenvalue weighted by atomic mass is 9.84. The van der Waals surface area contributed by atoms with Crippen LogP contribution in [0.2, 0.25) is 0 Å². The molecule has 1 saturated heterocycles. The smallest absolute Gasteiger partial charge is 0.234 e. The molecule has 0 aliphatic carbocycles. The fourth-order valence-corrected chi connectivity index (χ4v) is 3.45. The van der Waals surface area contributed by atoms with Gasteiger partial charge in [-0.25, -0.2) is 0 Å². The van der Waals surface area contributed by atoms with Crippen LogP contribution in [-0.2, 0) is 14.9 Å². The normalized spacial score (nSPS) is 15.8. The summed E-state index contributed by atoms with van der Waals surface area (Å²) in [6, 6.07) is 8.20. The predicted molar refractivity (Wildman–Crippen MR) is 120 cm³/mol. The topological polar surface area (TPSA) is 78.4 Å². The van der Waals surface area contributed by atoms with Gasteiger partial charge < -0.3 is 25.0 Å². The molecule has 0 atom stereocenters. The number of ether oxygens (including phenoxy) is 2. The van der Waals surface area contributed by atoms with Crippen LogP contribution in [0.15, 0.2) is 29.3 Å². The largest absolute Gasteiger partial charge is 0.497 e. The maximum Gasteiger partial charge on any atom is 0.234 e. The van der Waals surface area contributed by atoms with Crippen molar-refractivity contribution in [3.63, 3.8) is 0 Å². The Morgan fingerprint density at radius 1 is 1.17 bits per heavy atom. The SMILES string of the molecule is CN=C(NCC(C)(C)c1cccc(OC)c1)N1CCN(CC(=O)NCCOC)CC1. The first kappa shape index (κ1) is 24.0. The number of rotatable bonds is 9. The molecule has 30 heavy (non-hydrogen) atoms. The van der Waals surface area contributed by atoms with E-state index in [0.29, 0.717) is 19.7 Å². The van der Waals surface area contributed by atoms with Crippen LogP contribution in [0.1, 0.15) is 19.4 Å². The quantitative estimate of drug-likeness (QED) is 0.352. The number of nitrogens with one attached hydrogen (secondary N) is 2. The summed E-state index contributed by atoms with van der Waals surface area (Å²) in [6.07, 6.45) is 0. The zero-order chi connectivity index (χ0) is 22.0. The lowest BCUT2D eigenvalue weighted by Gasteiger charge is -2.37. The number of guanidine groups is 1. The minimum atomic E-state index is -0.0768. The Morgan fingerprint density at radius 2 is 1.90 bits per heavy atom. The van der Waals surface area contributed by atoms with Crippen molar-refractivity contribution in [2.24, 2.45) is 4.99 Å². The number of hydrogen-bond acceptors (Lipinski definition) is 5. The first-order valence-electron chi connectivity index (χ1n) is 10.5. The Balaban J connectivity index is 1.82. The van der Waals surface area contributed by atoms with E-state index in [9.17, 15) is 4.79 Å². The molecular formula is C22H37N5O3. The van der Waals surface area contributed by atoms with E-state index in [-0.39, 0.29) is 11.3 Å². The Labute approximate surface area is 180 Å². The molecule has 1 aliphatic rings. The van der Waals surface area contributed by atoms with Crippen molar-refractivity contribution in [3.8, 4) is 5.75 Å². The molecule has 0 radical (unpaired) electrons. The maximum atomic E-state index is 12.0. The summed E-state index contributed by atoms with van der Waals surface area (Å²) in [5.41, 5.74) is 1.14. The molecule has 0 unspecified atom stereocenters. The van der Waals surface area contributed by atoms with Gasteiger partial charge in [-0.05, 0) is 17.7 Å². The van der Waals surface area contributed by atoms with Gasteiger partial charge in [0.1, 0.15) is 5.75 Å². The molecule has 8 heteroatoms.